The monoisotopic (exact) mass is 324 g/mol. The molecule has 4 nitrogen and oxygen atoms in total. The van der Waals surface area contributed by atoms with E-state index in [2.05, 4.69) is 5.32 Å². The molecule has 0 spiro atoms. The minimum Gasteiger partial charge on any atom is -0.495 e. The van der Waals surface area contributed by atoms with E-state index >= 15 is 0 Å². The van der Waals surface area contributed by atoms with Crippen molar-refractivity contribution in [2.45, 2.75) is 6.54 Å². The molecule has 2 aromatic rings. The number of nitrogens with one attached hydrogen (secondary N) is 1. The summed E-state index contributed by atoms with van der Waals surface area (Å²) in [4.78, 5) is 12.6. The fourth-order valence-electron chi connectivity index (χ4n) is 1.72. The van der Waals surface area contributed by atoms with Crippen molar-refractivity contribution in [3.05, 3.63) is 51.5 Å². The zero-order valence-corrected chi connectivity index (χ0v) is 12.8. The smallest absolute Gasteiger partial charge is 0.265 e. The van der Waals surface area contributed by atoms with Gasteiger partial charge in [0.2, 0.25) is 0 Å². The van der Waals surface area contributed by atoms with Crippen LogP contribution in [0.25, 0.3) is 0 Å². The highest BCUT2D eigenvalue weighted by atomic mass is 32.1. The molecule has 0 saturated carbocycles. The summed E-state index contributed by atoms with van der Waals surface area (Å²) < 4.78 is 18.9. The zero-order valence-electron chi connectivity index (χ0n) is 11.2. The largest absolute Gasteiger partial charge is 0.495 e. The van der Waals surface area contributed by atoms with Crippen LogP contribution in [0.4, 0.5) is 4.39 Å². The van der Waals surface area contributed by atoms with E-state index in [9.17, 15) is 9.18 Å². The number of ether oxygens (including phenoxy) is 1. The van der Waals surface area contributed by atoms with E-state index in [-0.39, 0.29) is 17.4 Å². The molecule has 0 aliphatic carbocycles. The van der Waals surface area contributed by atoms with Crippen LogP contribution in [0.15, 0.2) is 29.6 Å². The van der Waals surface area contributed by atoms with E-state index in [1.807, 2.05) is 0 Å². The molecule has 1 heterocycles. The molecule has 7 heteroatoms. The quantitative estimate of drug-likeness (QED) is 0.829. The van der Waals surface area contributed by atoms with E-state index in [1.165, 1.54) is 24.5 Å². The van der Waals surface area contributed by atoms with Gasteiger partial charge in [-0.1, -0.05) is 24.4 Å². The van der Waals surface area contributed by atoms with Gasteiger partial charge in [0.25, 0.3) is 5.91 Å². The number of nitrogens with two attached hydrogens (primary N) is 1. The number of hydrogen-bond acceptors (Lipinski definition) is 4. The lowest BCUT2D eigenvalue weighted by atomic mass is 10.1. The Balaban J connectivity index is 2.06. The SMILES string of the molecule is COc1ccsc1C(=O)NCc1ccc(C(N)=S)cc1F. The Morgan fingerprint density at radius 1 is 1.48 bits per heavy atom. The van der Waals surface area contributed by atoms with Gasteiger partial charge in [-0.2, -0.15) is 0 Å². The number of thiocarbonyl (C=S) groups is 1. The second-order valence-electron chi connectivity index (χ2n) is 4.17. The van der Waals surface area contributed by atoms with E-state index in [1.54, 1.807) is 23.6 Å². The highest BCUT2D eigenvalue weighted by Gasteiger charge is 2.14. The Hall–Kier alpha value is -1.99. The van der Waals surface area contributed by atoms with Crippen LogP contribution in [0, 0.1) is 5.82 Å². The van der Waals surface area contributed by atoms with E-state index in [4.69, 9.17) is 22.7 Å². The van der Waals surface area contributed by atoms with Crippen molar-refractivity contribution < 1.29 is 13.9 Å². The molecule has 0 unspecified atom stereocenters. The Morgan fingerprint density at radius 3 is 2.86 bits per heavy atom. The third kappa shape index (κ3) is 3.56. The lowest BCUT2D eigenvalue weighted by Crippen LogP contribution is -2.23. The number of thiophene rings is 1. The van der Waals surface area contributed by atoms with Gasteiger partial charge in [-0.3, -0.25) is 4.79 Å². The first-order valence-corrected chi connectivity index (χ1v) is 7.29. The number of rotatable bonds is 5. The van der Waals surface area contributed by atoms with E-state index in [0.29, 0.717) is 21.8 Å². The molecule has 110 valence electrons. The molecule has 1 aromatic carbocycles. The average molecular weight is 324 g/mol. The van der Waals surface area contributed by atoms with Crippen LogP contribution >= 0.6 is 23.6 Å². The maximum absolute atomic E-state index is 13.9. The minimum atomic E-state index is -0.459. The molecule has 3 N–H and O–H groups in total. The highest BCUT2D eigenvalue weighted by Crippen LogP contribution is 2.24. The summed E-state index contributed by atoms with van der Waals surface area (Å²) in [5.74, 6) is -0.264. The molecule has 0 saturated heterocycles. The van der Waals surface area contributed by atoms with E-state index < -0.39 is 5.82 Å². The first kappa shape index (κ1) is 15.4. The molecule has 0 bridgehead atoms. The maximum Gasteiger partial charge on any atom is 0.265 e. The first-order chi connectivity index (χ1) is 10.0. The second kappa shape index (κ2) is 6.64. The van der Waals surface area contributed by atoms with Crippen LogP contribution in [0.5, 0.6) is 5.75 Å². The zero-order chi connectivity index (χ0) is 15.4. The van der Waals surface area contributed by atoms with Crippen molar-refractivity contribution >= 4 is 34.5 Å². The number of halogens is 1. The number of methoxy groups -OCH3 is 1. The van der Waals surface area contributed by atoms with Crippen molar-refractivity contribution in [3.8, 4) is 5.75 Å². The molecule has 21 heavy (non-hydrogen) atoms. The standard InChI is InChI=1S/C14H13FN2O2S2/c1-19-11-4-5-21-12(11)14(18)17-7-9-3-2-8(13(16)20)6-10(9)15/h2-6H,7H2,1H3,(H2,16,20)(H,17,18). The van der Waals surface area contributed by atoms with E-state index in [0.717, 1.165) is 0 Å². The number of carbonyl (C=O) groups is 1. The van der Waals surface area contributed by atoms with Crippen LogP contribution in [-0.4, -0.2) is 18.0 Å². The molecule has 2 rings (SSSR count). The summed E-state index contributed by atoms with van der Waals surface area (Å²) >= 11 is 6.05. The van der Waals surface area contributed by atoms with Crippen molar-refractivity contribution in [1.82, 2.24) is 5.32 Å². The summed E-state index contributed by atoms with van der Waals surface area (Å²) in [6.45, 7) is 0.0728. The Bertz CT molecular complexity index is 685. The molecule has 0 radical (unpaired) electrons. The summed E-state index contributed by atoms with van der Waals surface area (Å²) in [6, 6.07) is 6.14. The normalized spacial score (nSPS) is 10.2. The van der Waals surface area contributed by atoms with Crippen molar-refractivity contribution in [2.75, 3.05) is 7.11 Å². The molecule has 0 fully saturated rings. The van der Waals surface area contributed by atoms with Gasteiger partial charge in [0, 0.05) is 17.7 Å². The number of carbonyl (C=O) groups excluding carboxylic acids is 1. The maximum atomic E-state index is 13.9. The fourth-order valence-corrected chi connectivity index (χ4v) is 2.62. The molecule has 0 aliphatic rings. The van der Waals surface area contributed by atoms with Crippen molar-refractivity contribution in [3.63, 3.8) is 0 Å². The van der Waals surface area contributed by atoms with Crippen molar-refractivity contribution in [1.29, 1.82) is 0 Å². The van der Waals surface area contributed by atoms with Crippen LogP contribution in [0.1, 0.15) is 20.8 Å². The number of hydrogen-bond donors (Lipinski definition) is 2. The van der Waals surface area contributed by atoms with Crippen LogP contribution < -0.4 is 15.8 Å². The summed E-state index contributed by atoms with van der Waals surface area (Å²) in [5.41, 5.74) is 6.25. The van der Waals surface area contributed by atoms with Gasteiger partial charge in [0.15, 0.2) is 0 Å². The highest BCUT2D eigenvalue weighted by molar-refractivity contribution is 7.80. The minimum absolute atomic E-state index is 0.0728. The molecule has 1 amide bonds. The molecule has 0 aliphatic heterocycles. The van der Waals surface area contributed by atoms with Gasteiger partial charge in [-0.25, -0.2) is 4.39 Å². The second-order valence-corrected chi connectivity index (χ2v) is 5.53. The Labute approximate surface area is 130 Å². The molecule has 0 atom stereocenters. The van der Waals surface area contributed by atoms with Crippen LogP contribution in [0.3, 0.4) is 0 Å². The predicted molar refractivity (Wildman–Crippen MR) is 84.3 cm³/mol. The van der Waals surface area contributed by atoms with Gasteiger partial charge < -0.3 is 15.8 Å². The molecular weight excluding hydrogens is 311 g/mol. The summed E-state index contributed by atoms with van der Waals surface area (Å²) in [6.07, 6.45) is 0. The van der Waals surface area contributed by atoms with Crippen molar-refractivity contribution in [2.24, 2.45) is 5.73 Å². The van der Waals surface area contributed by atoms with Gasteiger partial charge in [-0.05, 0) is 17.5 Å². The lowest BCUT2D eigenvalue weighted by molar-refractivity contribution is 0.0952. The van der Waals surface area contributed by atoms with Gasteiger partial charge in [0.05, 0.1) is 7.11 Å². The fraction of sp³-hybridized carbons (Fsp3) is 0.143. The number of amides is 1. The average Bonchev–Trinajstić information content (AvgIpc) is 2.94. The molecular formula is C14H13FN2O2S2. The Morgan fingerprint density at radius 2 is 2.24 bits per heavy atom. The van der Waals surface area contributed by atoms with Crippen LogP contribution in [-0.2, 0) is 6.54 Å². The van der Waals surface area contributed by atoms with Gasteiger partial charge >= 0.3 is 0 Å². The topological polar surface area (TPSA) is 64.3 Å². The molecule has 1 aromatic heterocycles. The van der Waals surface area contributed by atoms with Gasteiger partial charge in [-0.15, -0.1) is 11.3 Å². The lowest BCUT2D eigenvalue weighted by Gasteiger charge is -2.08. The number of benzene rings is 1. The van der Waals surface area contributed by atoms with Crippen LogP contribution in [0.2, 0.25) is 0 Å². The summed E-state index contributed by atoms with van der Waals surface area (Å²) in [7, 11) is 1.49. The van der Waals surface area contributed by atoms with Gasteiger partial charge in [0.1, 0.15) is 21.4 Å². The predicted octanol–water partition coefficient (Wildman–Crippen LogP) is 2.46. The summed E-state index contributed by atoms with van der Waals surface area (Å²) in [5, 5.41) is 4.41. The third-order valence-electron chi connectivity index (χ3n) is 2.83. The third-order valence-corrected chi connectivity index (χ3v) is 3.96. The Kier molecular flexibility index (Phi) is 4.87. The first-order valence-electron chi connectivity index (χ1n) is 6.01.